The Hall–Kier alpha value is -2.20. The number of ether oxygens (including phenoxy) is 3. The number of halogens is 1. The van der Waals surface area contributed by atoms with E-state index in [4.69, 9.17) is 14.2 Å². The van der Waals surface area contributed by atoms with Gasteiger partial charge in [0.2, 0.25) is 0 Å². The van der Waals surface area contributed by atoms with Crippen LogP contribution in [0.1, 0.15) is 24.0 Å². The van der Waals surface area contributed by atoms with Crippen LogP contribution in [-0.4, -0.2) is 53.5 Å². The van der Waals surface area contributed by atoms with Crippen LogP contribution in [0.3, 0.4) is 0 Å². The van der Waals surface area contributed by atoms with Crippen molar-refractivity contribution in [1.82, 2.24) is 10.6 Å². The number of methoxy groups -OCH3 is 3. The third-order valence-electron chi connectivity index (χ3n) is 5.55. The van der Waals surface area contributed by atoms with Crippen LogP contribution in [0.25, 0.3) is 0 Å². The Kier molecular flexibility index (Phi) is 10.9. The van der Waals surface area contributed by atoms with Gasteiger partial charge in [0.1, 0.15) is 11.5 Å². The van der Waals surface area contributed by atoms with E-state index in [1.165, 1.54) is 11.1 Å². The molecule has 0 atom stereocenters. The maximum Gasteiger partial charge on any atom is 0.191 e. The van der Waals surface area contributed by atoms with Crippen molar-refractivity contribution < 1.29 is 14.2 Å². The molecule has 2 aromatic rings. The molecule has 2 aromatic carbocycles. The predicted molar refractivity (Wildman–Crippen MR) is 141 cm³/mol. The minimum atomic E-state index is 0. The first-order chi connectivity index (χ1) is 15.1. The van der Waals surface area contributed by atoms with Crippen LogP contribution >= 0.6 is 24.0 Å². The van der Waals surface area contributed by atoms with Crippen molar-refractivity contribution in [2.75, 3.05) is 46.4 Å². The Labute approximate surface area is 208 Å². The van der Waals surface area contributed by atoms with Gasteiger partial charge in [-0.15, -0.1) is 24.0 Å². The van der Waals surface area contributed by atoms with Crippen molar-refractivity contribution in [3.63, 3.8) is 0 Å². The molecule has 0 aromatic heterocycles. The molecule has 0 radical (unpaired) electrons. The van der Waals surface area contributed by atoms with Crippen LogP contribution < -0.4 is 25.0 Å². The van der Waals surface area contributed by atoms with E-state index in [9.17, 15) is 0 Å². The Balaban J connectivity index is 0.00000363. The van der Waals surface area contributed by atoms with Gasteiger partial charge in [-0.05, 0) is 24.0 Å². The lowest BCUT2D eigenvalue weighted by Crippen LogP contribution is -2.48. The number of guanidine groups is 1. The Morgan fingerprint density at radius 1 is 0.969 bits per heavy atom. The molecule has 176 valence electrons. The summed E-state index contributed by atoms with van der Waals surface area (Å²) in [5.74, 6) is 2.46. The van der Waals surface area contributed by atoms with E-state index >= 15 is 0 Å². The highest BCUT2D eigenvalue weighted by atomic mass is 127. The summed E-state index contributed by atoms with van der Waals surface area (Å²) >= 11 is 0. The number of piperidine rings is 1. The Morgan fingerprint density at radius 3 is 2.09 bits per heavy atom. The third kappa shape index (κ3) is 7.44. The van der Waals surface area contributed by atoms with Gasteiger partial charge in [0.05, 0.1) is 20.8 Å². The minimum Gasteiger partial charge on any atom is -0.497 e. The molecule has 2 N–H and O–H groups in total. The fourth-order valence-electron chi connectivity index (χ4n) is 3.75. The van der Waals surface area contributed by atoms with Crippen molar-refractivity contribution in [3.8, 4) is 11.5 Å². The average Bonchev–Trinajstić information content (AvgIpc) is 2.82. The summed E-state index contributed by atoms with van der Waals surface area (Å²) in [5.41, 5.74) is 3.52. The highest BCUT2D eigenvalue weighted by Crippen LogP contribution is 2.30. The van der Waals surface area contributed by atoms with Crippen LogP contribution in [-0.2, 0) is 17.9 Å². The van der Waals surface area contributed by atoms with Gasteiger partial charge in [0, 0.05) is 63.7 Å². The molecule has 1 fully saturated rings. The molecule has 32 heavy (non-hydrogen) atoms. The lowest BCUT2D eigenvalue weighted by Gasteiger charge is -2.34. The molecule has 0 aliphatic carbocycles. The highest BCUT2D eigenvalue weighted by Gasteiger charge is 2.21. The number of hydrogen-bond donors (Lipinski definition) is 2. The molecular formula is C24H35IN4O3. The maximum absolute atomic E-state index is 5.41. The average molecular weight is 554 g/mol. The molecule has 0 saturated carbocycles. The molecule has 1 aliphatic rings. The van der Waals surface area contributed by atoms with Gasteiger partial charge in [0.15, 0.2) is 5.96 Å². The van der Waals surface area contributed by atoms with Crippen molar-refractivity contribution in [2.45, 2.75) is 32.0 Å². The predicted octanol–water partition coefficient (Wildman–Crippen LogP) is 3.80. The topological polar surface area (TPSA) is 67.4 Å². The number of anilines is 1. The van der Waals surface area contributed by atoms with E-state index < -0.39 is 0 Å². The van der Waals surface area contributed by atoms with Crippen molar-refractivity contribution in [2.24, 2.45) is 4.99 Å². The largest absolute Gasteiger partial charge is 0.497 e. The quantitative estimate of drug-likeness (QED) is 0.294. The standard InChI is InChI=1S/C24H34N4O3.HI/c1-25-24(26-16-18-5-7-19(8-6-18)17-29-2)27-20-9-11-28(12-10-20)21-13-22(30-3)15-23(14-21)31-4;/h5-8,13-15,20H,9-12,16-17H2,1-4H3,(H2,25,26,27);1H. The molecule has 7 nitrogen and oxygen atoms in total. The van der Waals surface area contributed by atoms with E-state index in [1.54, 1.807) is 21.3 Å². The molecule has 1 saturated heterocycles. The van der Waals surface area contributed by atoms with Gasteiger partial charge in [-0.2, -0.15) is 0 Å². The second-order valence-corrected chi connectivity index (χ2v) is 7.65. The molecule has 1 heterocycles. The zero-order valence-corrected chi connectivity index (χ0v) is 21.7. The van der Waals surface area contributed by atoms with E-state index in [0.717, 1.165) is 55.6 Å². The van der Waals surface area contributed by atoms with E-state index in [-0.39, 0.29) is 24.0 Å². The Morgan fingerprint density at radius 2 is 1.56 bits per heavy atom. The molecule has 8 heteroatoms. The number of nitrogens with zero attached hydrogens (tertiary/aromatic N) is 2. The second-order valence-electron chi connectivity index (χ2n) is 7.65. The summed E-state index contributed by atoms with van der Waals surface area (Å²) in [6.07, 6.45) is 2.07. The van der Waals surface area contributed by atoms with Crippen LogP contribution in [0.5, 0.6) is 11.5 Å². The summed E-state index contributed by atoms with van der Waals surface area (Å²) in [6.45, 7) is 3.30. The molecule has 0 spiro atoms. The highest BCUT2D eigenvalue weighted by molar-refractivity contribution is 14.0. The normalized spacial score (nSPS) is 14.5. The second kappa shape index (κ2) is 13.4. The van der Waals surface area contributed by atoms with Crippen molar-refractivity contribution >= 4 is 35.6 Å². The fourth-order valence-corrected chi connectivity index (χ4v) is 3.75. The SMILES string of the molecule is CN=C(NCc1ccc(COC)cc1)NC1CCN(c2cc(OC)cc(OC)c2)CC1.I. The lowest BCUT2D eigenvalue weighted by atomic mass is 10.0. The smallest absolute Gasteiger partial charge is 0.191 e. The lowest BCUT2D eigenvalue weighted by molar-refractivity contribution is 0.185. The molecular weight excluding hydrogens is 519 g/mol. The first-order valence-corrected chi connectivity index (χ1v) is 10.7. The van der Waals surface area contributed by atoms with Crippen LogP contribution in [0, 0.1) is 0 Å². The number of nitrogens with one attached hydrogen (secondary N) is 2. The first-order valence-electron chi connectivity index (χ1n) is 10.7. The van der Waals surface area contributed by atoms with Gasteiger partial charge in [-0.25, -0.2) is 0 Å². The molecule has 0 amide bonds. The number of benzene rings is 2. The van der Waals surface area contributed by atoms with E-state index in [0.29, 0.717) is 12.6 Å². The summed E-state index contributed by atoms with van der Waals surface area (Å²) in [7, 11) is 6.89. The zero-order valence-electron chi connectivity index (χ0n) is 19.4. The summed E-state index contributed by atoms with van der Waals surface area (Å²) in [5, 5.41) is 6.99. The van der Waals surface area contributed by atoms with E-state index in [2.05, 4.69) is 56.9 Å². The van der Waals surface area contributed by atoms with E-state index in [1.807, 2.05) is 13.1 Å². The van der Waals surface area contributed by atoms with Gasteiger partial charge in [0.25, 0.3) is 0 Å². The number of hydrogen-bond acceptors (Lipinski definition) is 5. The van der Waals surface area contributed by atoms with Gasteiger partial charge in [-0.1, -0.05) is 24.3 Å². The fraction of sp³-hybridized carbons (Fsp3) is 0.458. The first kappa shape index (κ1) is 26.1. The third-order valence-corrected chi connectivity index (χ3v) is 5.55. The molecule has 3 rings (SSSR count). The molecule has 0 unspecified atom stereocenters. The summed E-state index contributed by atoms with van der Waals surface area (Å²) in [4.78, 5) is 6.77. The minimum absolute atomic E-state index is 0. The van der Waals surface area contributed by atoms with Crippen molar-refractivity contribution in [1.29, 1.82) is 0 Å². The van der Waals surface area contributed by atoms with Crippen LogP contribution in [0.15, 0.2) is 47.5 Å². The van der Waals surface area contributed by atoms with Crippen molar-refractivity contribution in [3.05, 3.63) is 53.6 Å². The van der Waals surface area contributed by atoms with Crippen LogP contribution in [0.4, 0.5) is 5.69 Å². The monoisotopic (exact) mass is 554 g/mol. The summed E-state index contributed by atoms with van der Waals surface area (Å²) in [6, 6.07) is 14.9. The maximum atomic E-state index is 5.41. The van der Waals surface area contributed by atoms with Gasteiger partial charge < -0.3 is 29.7 Å². The number of rotatable bonds is 8. The molecule has 0 bridgehead atoms. The van der Waals surface area contributed by atoms with Crippen LogP contribution in [0.2, 0.25) is 0 Å². The zero-order chi connectivity index (χ0) is 22.1. The summed E-state index contributed by atoms with van der Waals surface area (Å²) < 4.78 is 16.0. The Bertz CT molecular complexity index is 831. The van der Waals surface area contributed by atoms with Gasteiger partial charge >= 0.3 is 0 Å². The molecule has 1 aliphatic heterocycles. The number of aliphatic imine (C=N–C) groups is 1. The van der Waals surface area contributed by atoms with Gasteiger partial charge in [-0.3, -0.25) is 4.99 Å².